The van der Waals surface area contributed by atoms with Crippen LogP contribution in [0, 0.1) is 11.5 Å². The van der Waals surface area contributed by atoms with Crippen LogP contribution in [0.1, 0.15) is 6.42 Å². The number of pyridine rings is 1. The fourth-order valence-electron chi connectivity index (χ4n) is 3.04. The third-order valence-electron chi connectivity index (χ3n) is 4.11. The summed E-state index contributed by atoms with van der Waals surface area (Å²) in [6, 6.07) is 11.5. The molecular weight excluding hydrogens is 224 g/mol. The highest BCUT2D eigenvalue weighted by atomic mass is 16.5. The van der Waals surface area contributed by atoms with Gasteiger partial charge in [-0.1, -0.05) is 6.07 Å². The molecule has 2 fully saturated rings. The molecule has 3 heteroatoms. The molecular formula is C15H15N2O. The molecule has 18 heavy (non-hydrogen) atoms. The maximum Gasteiger partial charge on any atom is 0.0728 e. The van der Waals surface area contributed by atoms with Crippen LogP contribution in [-0.4, -0.2) is 31.3 Å². The van der Waals surface area contributed by atoms with Gasteiger partial charge in [0.15, 0.2) is 0 Å². The number of hydrogen-bond donors (Lipinski definition) is 0. The lowest BCUT2D eigenvalue weighted by atomic mass is 9.79. The van der Waals surface area contributed by atoms with E-state index in [4.69, 9.17) is 4.74 Å². The minimum absolute atomic E-state index is 0.436. The first-order valence-electron chi connectivity index (χ1n) is 6.44. The van der Waals surface area contributed by atoms with E-state index in [2.05, 4.69) is 34.1 Å². The molecule has 2 aliphatic heterocycles. The topological polar surface area (TPSA) is 25.4 Å². The molecule has 91 valence electrons. The molecule has 1 aromatic carbocycles. The number of anilines is 1. The Morgan fingerprint density at radius 1 is 1.33 bits per heavy atom. The average Bonchev–Trinajstić information content (AvgIpc) is 2.86. The van der Waals surface area contributed by atoms with Gasteiger partial charge in [0, 0.05) is 42.4 Å². The van der Waals surface area contributed by atoms with Gasteiger partial charge < -0.3 is 9.64 Å². The summed E-state index contributed by atoms with van der Waals surface area (Å²) >= 11 is 0. The molecule has 3 heterocycles. The summed E-state index contributed by atoms with van der Waals surface area (Å²) in [6.45, 7) is 4.11. The first-order valence-corrected chi connectivity index (χ1v) is 6.44. The number of ether oxygens (including phenoxy) is 1. The van der Waals surface area contributed by atoms with E-state index in [0.29, 0.717) is 5.41 Å². The zero-order valence-corrected chi connectivity index (χ0v) is 10.2. The normalized spacial score (nSPS) is 21.4. The van der Waals surface area contributed by atoms with Crippen LogP contribution in [0.2, 0.25) is 0 Å². The van der Waals surface area contributed by atoms with E-state index < -0.39 is 0 Å². The second kappa shape index (κ2) is 3.69. The lowest BCUT2D eigenvalue weighted by molar-refractivity contribution is 0.131. The highest BCUT2D eigenvalue weighted by Gasteiger charge is 2.45. The van der Waals surface area contributed by atoms with E-state index in [1.165, 1.54) is 12.1 Å². The number of nitrogens with zero attached hydrogens (tertiary/aromatic N) is 2. The summed E-state index contributed by atoms with van der Waals surface area (Å²) in [5, 5.41) is 1.08. The van der Waals surface area contributed by atoms with Gasteiger partial charge in [-0.2, -0.15) is 0 Å². The number of fused-ring (bicyclic) bond motifs is 1. The molecule has 0 saturated carbocycles. The predicted octanol–water partition coefficient (Wildman–Crippen LogP) is 2.26. The van der Waals surface area contributed by atoms with Crippen LogP contribution in [0.5, 0.6) is 0 Å². The Morgan fingerprint density at radius 3 is 3.11 bits per heavy atom. The molecule has 2 aliphatic rings. The molecule has 0 aliphatic carbocycles. The first-order chi connectivity index (χ1) is 8.85. The minimum Gasteiger partial charge on any atom is -0.381 e. The van der Waals surface area contributed by atoms with E-state index in [1.54, 1.807) is 6.20 Å². The second-order valence-electron chi connectivity index (χ2n) is 5.45. The molecule has 1 aromatic heterocycles. The smallest absolute Gasteiger partial charge is 0.0728 e. The van der Waals surface area contributed by atoms with Crippen LogP contribution in [0.3, 0.4) is 0 Å². The van der Waals surface area contributed by atoms with Crippen LogP contribution in [-0.2, 0) is 4.74 Å². The molecule has 1 radical (unpaired) electrons. The summed E-state index contributed by atoms with van der Waals surface area (Å²) in [5.74, 6) is 0. The Morgan fingerprint density at radius 2 is 2.28 bits per heavy atom. The molecule has 2 saturated heterocycles. The first kappa shape index (κ1) is 10.3. The van der Waals surface area contributed by atoms with Crippen LogP contribution >= 0.6 is 0 Å². The van der Waals surface area contributed by atoms with Crippen molar-refractivity contribution in [3.05, 3.63) is 36.5 Å². The second-order valence-corrected chi connectivity index (χ2v) is 5.45. The molecule has 1 spiro atoms. The van der Waals surface area contributed by atoms with Crippen LogP contribution < -0.4 is 4.90 Å². The maximum absolute atomic E-state index is 5.51. The lowest BCUT2D eigenvalue weighted by Gasteiger charge is -2.48. The van der Waals surface area contributed by atoms with Gasteiger partial charge >= 0.3 is 0 Å². The Balaban J connectivity index is 1.60. The van der Waals surface area contributed by atoms with Gasteiger partial charge in [0.1, 0.15) is 0 Å². The molecule has 0 bridgehead atoms. The summed E-state index contributed by atoms with van der Waals surface area (Å²) < 4.78 is 5.51. The van der Waals surface area contributed by atoms with Crippen molar-refractivity contribution in [3.8, 4) is 0 Å². The highest BCUT2D eigenvalue weighted by Crippen LogP contribution is 2.41. The maximum atomic E-state index is 5.51. The molecule has 0 atom stereocenters. The zero-order chi connectivity index (χ0) is 12.0. The van der Waals surface area contributed by atoms with Gasteiger partial charge in [-0.25, -0.2) is 0 Å². The fraction of sp³-hybridized carbons (Fsp3) is 0.400. The SMILES string of the molecule is [c]1ccnc2cc(N3CC4(CCOC4)C3)ccc12. The molecule has 0 unspecified atom stereocenters. The number of rotatable bonds is 1. The number of benzene rings is 1. The Labute approximate surface area is 106 Å². The van der Waals surface area contributed by atoms with E-state index in [1.807, 2.05) is 6.07 Å². The third kappa shape index (κ3) is 1.51. The molecule has 2 aromatic rings. The van der Waals surface area contributed by atoms with E-state index >= 15 is 0 Å². The van der Waals surface area contributed by atoms with Gasteiger partial charge in [-0.05, 0) is 30.7 Å². The summed E-state index contributed by atoms with van der Waals surface area (Å²) in [7, 11) is 0. The number of aromatic nitrogens is 1. The van der Waals surface area contributed by atoms with E-state index in [-0.39, 0.29) is 0 Å². The van der Waals surface area contributed by atoms with Crippen molar-refractivity contribution >= 4 is 16.6 Å². The van der Waals surface area contributed by atoms with Crippen molar-refractivity contribution in [2.75, 3.05) is 31.2 Å². The van der Waals surface area contributed by atoms with Gasteiger partial charge in [-0.3, -0.25) is 4.98 Å². The van der Waals surface area contributed by atoms with Gasteiger partial charge in [0.25, 0.3) is 0 Å². The zero-order valence-electron chi connectivity index (χ0n) is 10.2. The third-order valence-corrected chi connectivity index (χ3v) is 4.11. The van der Waals surface area contributed by atoms with Crippen molar-refractivity contribution in [2.45, 2.75) is 6.42 Å². The van der Waals surface area contributed by atoms with Gasteiger partial charge in [-0.15, -0.1) is 0 Å². The van der Waals surface area contributed by atoms with Crippen molar-refractivity contribution in [1.82, 2.24) is 4.98 Å². The van der Waals surface area contributed by atoms with Crippen molar-refractivity contribution < 1.29 is 4.74 Å². The molecule has 4 rings (SSSR count). The van der Waals surface area contributed by atoms with Gasteiger partial charge in [0.05, 0.1) is 12.1 Å². The van der Waals surface area contributed by atoms with E-state index in [0.717, 1.165) is 37.2 Å². The summed E-state index contributed by atoms with van der Waals surface area (Å²) in [4.78, 5) is 6.81. The Bertz CT molecular complexity index is 582. The monoisotopic (exact) mass is 239 g/mol. The van der Waals surface area contributed by atoms with Crippen LogP contribution in [0.4, 0.5) is 5.69 Å². The summed E-state index contributed by atoms with van der Waals surface area (Å²) in [6.07, 6.45) is 3.01. The highest BCUT2D eigenvalue weighted by molar-refractivity contribution is 5.81. The van der Waals surface area contributed by atoms with E-state index in [9.17, 15) is 0 Å². The predicted molar refractivity (Wildman–Crippen MR) is 70.7 cm³/mol. The Hall–Kier alpha value is -1.61. The minimum atomic E-state index is 0.436. The Kier molecular flexibility index (Phi) is 2.12. The standard InChI is InChI=1S/C15H15N2O/c1-2-12-3-4-13(8-14(12)16-6-1)17-9-15(10-17)5-7-18-11-15/h1,3-4,6,8H,5,7,9-11H2. The quantitative estimate of drug-likeness (QED) is 0.763. The van der Waals surface area contributed by atoms with Crippen molar-refractivity contribution in [3.63, 3.8) is 0 Å². The van der Waals surface area contributed by atoms with Crippen LogP contribution in [0.15, 0.2) is 30.5 Å². The largest absolute Gasteiger partial charge is 0.381 e. The van der Waals surface area contributed by atoms with Gasteiger partial charge in [0.2, 0.25) is 0 Å². The van der Waals surface area contributed by atoms with Crippen LogP contribution in [0.25, 0.3) is 10.9 Å². The number of hydrogen-bond acceptors (Lipinski definition) is 3. The molecule has 0 amide bonds. The van der Waals surface area contributed by atoms with Crippen molar-refractivity contribution in [2.24, 2.45) is 5.41 Å². The fourth-order valence-corrected chi connectivity index (χ4v) is 3.04. The summed E-state index contributed by atoms with van der Waals surface area (Å²) in [5.41, 5.74) is 2.73. The van der Waals surface area contributed by atoms with Crippen molar-refractivity contribution in [1.29, 1.82) is 0 Å². The lowest BCUT2D eigenvalue weighted by Crippen LogP contribution is -2.56. The average molecular weight is 239 g/mol. The molecule has 0 N–H and O–H groups in total. The molecule has 3 nitrogen and oxygen atoms in total.